The van der Waals surface area contributed by atoms with Gasteiger partial charge in [-0.1, -0.05) is 103 Å². The van der Waals surface area contributed by atoms with Crippen LogP contribution in [-0.4, -0.2) is 76.8 Å². The average molecular weight is 972 g/mol. The maximum Gasteiger partial charge on any atom is 4.00 e. The van der Waals surface area contributed by atoms with Crippen LogP contribution in [0.1, 0.15) is 107 Å². The molecule has 0 heterocycles. The fourth-order valence-electron chi connectivity index (χ4n) is 1.77. The fourth-order valence-corrected chi connectivity index (χ4v) is 8.90. The molecule has 0 aromatic heterocycles. The van der Waals surface area contributed by atoms with Gasteiger partial charge in [0.1, 0.15) is 0 Å². The topological polar surface area (TPSA) is 73.8 Å². The third-order valence-electron chi connectivity index (χ3n) is 3.63. The van der Waals surface area contributed by atoms with Gasteiger partial charge in [0.05, 0.1) is 75.6 Å². The minimum atomic E-state index is -2.31. The second-order valence-corrected chi connectivity index (χ2v) is 28.4. The summed E-state index contributed by atoms with van der Waals surface area (Å²) in [4.78, 5) is 0. The Kier molecular flexibility index (Phi) is 51.8. The molecule has 0 saturated carbocycles. The van der Waals surface area contributed by atoms with Gasteiger partial charge in [-0.3, -0.25) is 0 Å². The average Bonchev–Trinajstić information content (AvgIpc) is 2.98. The van der Waals surface area contributed by atoms with Gasteiger partial charge in [-0.05, 0) is 51.4 Å². The molecule has 21 heteroatoms. The van der Waals surface area contributed by atoms with E-state index in [1.807, 2.05) is 55.4 Å². The van der Waals surface area contributed by atoms with Crippen molar-refractivity contribution >= 4 is 143 Å². The molecular weight excluding hydrogens is 915 g/mol. The van der Waals surface area contributed by atoms with Gasteiger partial charge in [-0.2, -0.15) is 0 Å². The van der Waals surface area contributed by atoms with Gasteiger partial charge >= 0.3 is 23.9 Å². The van der Waals surface area contributed by atoms with Crippen molar-refractivity contribution in [2.75, 3.05) is 52.9 Å². The molecule has 45 heavy (non-hydrogen) atoms. The summed E-state index contributed by atoms with van der Waals surface area (Å²) in [6.45, 7) is 21.1. The first-order valence-corrected chi connectivity index (χ1v) is 29.5. The minimum Gasteiger partial charge on any atom is -0.691 e. The number of hydrogen-bond donors (Lipinski definition) is 0. The van der Waals surface area contributed by atoms with E-state index in [-0.39, 0.29) is 23.9 Å². The second kappa shape index (κ2) is 39.7. The standard InChI is InChI=1S/4C6H15O2PS2.Sn/c4*1-3-5-7-9(10,11)8-6-4-2;/h4*3-6H2,1-2H3,(H,10,11);/q;;;;+4/p-4. The van der Waals surface area contributed by atoms with Crippen LogP contribution in [0.2, 0.25) is 0 Å². The normalized spacial score (nSPS) is 11.6. The zero-order chi connectivity index (χ0) is 35.0. The van der Waals surface area contributed by atoms with Gasteiger partial charge in [0.25, 0.3) is 0 Å². The van der Waals surface area contributed by atoms with Crippen LogP contribution in [0.3, 0.4) is 0 Å². The monoisotopic (exact) mass is 972 g/mol. The zero-order valence-corrected chi connectivity index (χ0v) is 41.1. The van der Waals surface area contributed by atoms with Crippen molar-refractivity contribution < 1.29 is 36.2 Å². The molecule has 0 aromatic carbocycles. The van der Waals surface area contributed by atoms with Crippen molar-refractivity contribution in [2.45, 2.75) is 107 Å². The van der Waals surface area contributed by atoms with E-state index >= 15 is 0 Å². The summed E-state index contributed by atoms with van der Waals surface area (Å²) in [6.07, 6.45) is 7.48. The van der Waals surface area contributed by atoms with Gasteiger partial charge in [0.2, 0.25) is 0 Å². The molecule has 0 spiro atoms. The molecule has 0 aliphatic rings. The van der Waals surface area contributed by atoms with E-state index in [0.717, 1.165) is 51.4 Å². The van der Waals surface area contributed by atoms with E-state index in [2.05, 4.69) is 0 Å². The molecular formula is C24H56O8P4S8Sn. The quantitative estimate of drug-likeness (QED) is 0.0523. The predicted octanol–water partition coefficient (Wildman–Crippen LogP) is 10.1. The molecule has 0 saturated heterocycles. The van der Waals surface area contributed by atoms with Gasteiger partial charge < -0.3 is 85.2 Å². The van der Waals surface area contributed by atoms with Crippen LogP contribution in [0, 0.1) is 0 Å². The van der Waals surface area contributed by atoms with Crippen LogP contribution in [0.4, 0.5) is 0 Å². The smallest absolute Gasteiger partial charge is 0.691 e. The first kappa shape index (κ1) is 58.8. The molecule has 8 nitrogen and oxygen atoms in total. The Morgan fingerprint density at radius 1 is 0.311 bits per heavy atom. The number of hydrogen-bond acceptors (Lipinski definition) is 16. The Hall–Kier alpha value is 4.48. The van der Waals surface area contributed by atoms with Crippen LogP contribution in [0.15, 0.2) is 0 Å². The van der Waals surface area contributed by atoms with Crippen LogP contribution >= 0.6 is 22.8 Å². The summed E-state index contributed by atoms with van der Waals surface area (Å²) >= 11 is 39.6. The van der Waals surface area contributed by atoms with Crippen molar-refractivity contribution in [3.8, 4) is 0 Å². The summed E-state index contributed by atoms with van der Waals surface area (Å²) in [7, 11) is 0. The van der Waals surface area contributed by atoms with Crippen LogP contribution in [-0.2, 0) is 132 Å². The third kappa shape index (κ3) is 52.9. The molecule has 0 amide bonds. The summed E-state index contributed by atoms with van der Waals surface area (Å²) in [5.41, 5.74) is -9.24. The first-order valence-electron chi connectivity index (χ1n) is 14.9. The van der Waals surface area contributed by atoms with Crippen molar-refractivity contribution in [1.29, 1.82) is 0 Å². The van der Waals surface area contributed by atoms with Gasteiger partial charge in [0, 0.05) is 0 Å². The van der Waals surface area contributed by atoms with E-state index in [9.17, 15) is 0 Å². The van der Waals surface area contributed by atoms with E-state index in [1.54, 1.807) is 0 Å². The molecule has 272 valence electrons. The molecule has 0 aromatic rings. The van der Waals surface area contributed by atoms with Crippen LogP contribution in [0.25, 0.3) is 0 Å². The predicted molar refractivity (Wildman–Crippen MR) is 222 cm³/mol. The fraction of sp³-hybridized carbons (Fsp3) is 1.00. The third-order valence-corrected chi connectivity index (χ3v) is 12.7. The molecule has 0 N–H and O–H groups in total. The second-order valence-electron chi connectivity index (χ2n) is 8.45. The molecule has 0 aliphatic carbocycles. The van der Waals surface area contributed by atoms with E-state index in [0.29, 0.717) is 52.9 Å². The van der Waals surface area contributed by atoms with Crippen molar-refractivity contribution in [3.63, 3.8) is 0 Å². The summed E-state index contributed by atoms with van der Waals surface area (Å²) in [6, 6.07) is 0. The molecule has 0 bridgehead atoms. The van der Waals surface area contributed by atoms with E-state index < -0.39 is 22.8 Å². The van der Waals surface area contributed by atoms with Crippen molar-refractivity contribution in [1.82, 2.24) is 0 Å². The Labute approximate surface area is 335 Å². The van der Waals surface area contributed by atoms with Crippen molar-refractivity contribution in [2.24, 2.45) is 0 Å². The SMILES string of the molecule is CCCOP(=S)([S-])OCCC.CCCOP(=S)([S-])OCCC.CCCOP(=S)([S-])OCCC.CCCOP(=S)([S-])OCCC.[Sn+4]. The molecule has 0 fully saturated rings. The molecule has 0 aliphatic heterocycles. The van der Waals surface area contributed by atoms with E-state index in [4.69, 9.17) is 132 Å². The molecule has 0 atom stereocenters. The van der Waals surface area contributed by atoms with Crippen molar-refractivity contribution in [3.05, 3.63) is 0 Å². The Bertz CT molecular complexity index is 649. The largest absolute Gasteiger partial charge is 4.00 e. The maximum absolute atomic E-state index is 5.20. The van der Waals surface area contributed by atoms with E-state index in [1.165, 1.54) is 0 Å². The Balaban J connectivity index is -0.000000157. The van der Waals surface area contributed by atoms with Gasteiger partial charge in [-0.25, -0.2) is 0 Å². The summed E-state index contributed by atoms with van der Waals surface area (Å²) < 4.78 is 41.6. The molecule has 0 rings (SSSR count). The first-order chi connectivity index (χ1) is 20.5. The van der Waals surface area contributed by atoms with Crippen LogP contribution < -0.4 is 0 Å². The summed E-state index contributed by atoms with van der Waals surface area (Å²) in [5.74, 6) is 0. The Morgan fingerprint density at radius 3 is 0.467 bits per heavy atom. The zero-order valence-electron chi connectivity index (χ0n) is 28.1. The molecule has 0 unspecified atom stereocenters. The summed E-state index contributed by atoms with van der Waals surface area (Å²) in [5, 5.41) is 0. The minimum absolute atomic E-state index is 0. The number of rotatable bonds is 24. The Morgan fingerprint density at radius 2 is 0.400 bits per heavy atom. The van der Waals surface area contributed by atoms with Crippen LogP contribution in [0.5, 0.6) is 0 Å². The van der Waals surface area contributed by atoms with Gasteiger partial charge in [-0.15, -0.1) is 0 Å². The molecule has 0 radical (unpaired) electrons. The maximum atomic E-state index is 5.20. The van der Waals surface area contributed by atoms with Gasteiger partial charge in [0.15, 0.2) is 0 Å².